The number of amides is 1. The normalized spacial score (nSPS) is 19.0. The van der Waals surface area contributed by atoms with Gasteiger partial charge in [-0.25, -0.2) is 8.42 Å². The molecule has 24 heavy (non-hydrogen) atoms. The third-order valence-electron chi connectivity index (χ3n) is 4.12. The number of hydrogen-bond donors (Lipinski definition) is 1. The van der Waals surface area contributed by atoms with Gasteiger partial charge >= 0.3 is 0 Å². The van der Waals surface area contributed by atoms with Crippen LogP contribution in [0.4, 0.5) is 0 Å². The first-order valence-corrected chi connectivity index (χ1v) is 9.55. The van der Waals surface area contributed by atoms with E-state index in [9.17, 15) is 13.2 Å². The maximum atomic E-state index is 12.6. The van der Waals surface area contributed by atoms with Gasteiger partial charge in [0.1, 0.15) is 5.75 Å². The second kappa shape index (κ2) is 6.65. The second-order valence-electron chi connectivity index (χ2n) is 5.85. The first-order chi connectivity index (χ1) is 11.5. The molecule has 6 heteroatoms. The monoisotopic (exact) mass is 345 g/mol. The van der Waals surface area contributed by atoms with E-state index in [2.05, 4.69) is 5.32 Å². The second-order valence-corrected chi connectivity index (χ2v) is 8.08. The molecule has 1 aliphatic rings. The fourth-order valence-electron chi connectivity index (χ4n) is 2.87. The predicted molar refractivity (Wildman–Crippen MR) is 93.0 cm³/mol. The van der Waals surface area contributed by atoms with Gasteiger partial charge in [0.2, 0.25) is 0 Å². The highest BCUT2D eigenvalue weighted by Crippen LogP contribution is 2.27. The molecule has 0 bridgehead atoms. The highest BCUT2D eigenvalue weighted by molar-refractivity contribution is 7.91. The Bertz CT molecular complexity index is 847. The number of carbonyl (C=O) groups is 1. The Morgan fingerprint density at radius 2 is 1.88 bits per heavy atom. The van der Waals surface area contributed by atoms with Crippen molar-refractivity contribution in [3.05, 3.63) is 54.1 Å². The van der Waals surface area contributed by atoms with Crippen LogP contribution in [0.1, 0.15) is 16.8 Å². The molecule has 1 N–H and O–H groups in total. The fourth-order valence-corrected chi connectivity index (χ4v) is 4.54. The Morgan fingerprint density at radius 1 is 1.12 bits per heavy atom. The summed E-state index contributed by atoms with van der Waals surface area (Å²) in [6.07, 6.45) is 0.453. The minimum absolute atomic E-state index is 0.000564. The third-order valence-corrected chi connectivity index (χ3v) is 5.89. The highest BCUT2D eigenvalue weighted by atomic mass is 32.2. The van der Waals surface area contributed by atoms with Crippen LogP contribution in [-0.4, -0.2) is 39.0 Å². The summed E-state index contributed by atoms with van der Waals surface area (Å²) in [5.74, 6) is 0.276. The van der Waals surface area contributed by atoms with Crippen LogP contribution in [0, 0.1) is 0 Å². The summed E-state index contributed by atoms with van der Waals surface area (Å²) >= 11 is 0. The molecule has 0 spiro atoms. The van der Waals surface area contributed by atoms with E-state index < -0.39 is 9.84 Å². The molecule has 1 unspecified atom stereocenters. The number of benzene rings is 2. The molecule has 2 aromatic rings. The van der Waals surface area contributed by atoms with E-state index in [4.69, 9.17) is 4.74 Å². The van der Waals surface area contributed by atoms with Gasteiger partial charge < -0.3 is 10.1 Å². The van der Waals surface area contributed by atoms with Crippen molar-refractivity contribution in [3.8, 4) is 16.9 Å². The van der Waals surface area contributed by atoms with E-state index in [1.165, 1.54) is 7.11 Å². The molecule has 5 nitrogen and oxygen atoms in total. The molecule has 0 aromatic heterocycles. The Hall–Kier alpha value is -2.34. The largest absolute Gasteiger partial charge is 0.496 e. The van der Waals surface area contributed by atoms with E-state index in [-0.39, 0.29) is 23.5 Å². The predicted octanol–water partition coefficient (Wildman–Crippen LogP) is 2.28. The van der Waals surface area contributed by atoms with Gasteiger partial charge in [0.15, 0.2) is 9.84 Å². The Balaban J connectivity index is 1.87. The van der Waals surface area contributed by atoms with Crippen LogP contribution in [0.5, 0.6) is 5.75 Å². The number of nitrogens with one attached hydrogen (secondary N) is 1. The molecule has 1 saturated heterocycles. The average molecular weight is 345 g/mol. The van der Waals surface area contributed by atoms with Crippen LogP contribution < -0.4 is 10.1 Å². The highest BCUT2D eigenvalue weighted by Gasteiger charge is 2.29. The van der Waals surface area contributed by atoms with Gasteiger partial charge in [0, 0.05) is 6.04 Å². The summed E-state index contributed by atoms with van der Waals surface area (Å²) in [7, 11) is -1.53. The fraction of sp³-hybridized carbons (Fsp3) is 0.278. The number of rotatable bonds is 4. The Labute approximate surface area is 141 Å². The van der Waals surface area contributed by atoms with E-state index in [0.717, 1.165) is 11.1 Å². The van der Waals surface area contributed by atoms with Gasteiger partial charge in [0.25, 0.3) is 5.91 Å². The van der Waals surface area contributed by atoms with Crippen LogP contribution in [0.25, 0.3) is 11.1 Å². The van der Waals surface area contributed by atoms with Gasteiger partial charge in [-0.05, 0) is 29.7 Å². The standard InChI is InChI=1S/C18H19NO4S/c1-23-17-8-7-14(13-5-3-2-4-6-13)11-16(17)18(20)19-15-9-10-24(21,22)12-15/h2-8,11,15H,9-10,12H2,1H3,(H,19,20). The van der Waals surface area contributed by atoms with Crippen molar-refractivity contribution in [1.29, 1.82) is 0 Å². The molecular weight excluding hydrogens is 326 g/mol. The van der Waals surface area contributed by atoms with Crippen molar-refractivity contribution in [2.24, 2.45) is 0 Å². The number of ether oxygens (including phenoxy) is 1. The SMILES string of the molecule is COc1ccc(-c2ccccc2)cc1C(=O)NC1CCS(=O)(=O)C1. The molecule has 3 rings (SSSR count). The summed E-state index contributed by atoms with van der Waals surface area (Å²) in [5.41, 5.74) is 2.31. The smallest absolute Gasteiger partial charge is 0.255 e. The minimum Gasteiger partial charge on any atom is -0.496 e. The van der Waals surface area contributed by atoms with Crippen molar-refractivity contribution in [3.63, 3.8) is 0 Å². The lowest BCUT2D eigenvalue weighted by Crippen LogP contribution is -2.35. The first-order valence-electron chi connectivity index (χ1n) is 7.73. The number of hydrogen-bond acceptors (Lipinski definition) is 4. The maximum Gasteiger partial charge on any atom is 0.255 e. The lowest BCUT2D eigenvalue weighted by molar-refractivity contribution is 0.0938. The first kappa shape index (κ1) is 16.5. The lowest BCUT2D eigenvalue weighted by Gasteiger charge is -2.14. The number of carbonyl (C=O) groups excluding carboxylic acids is 1. The molecule has 126 valence electrons. The summed E-state index contributed by atoms with van der Waals surface area (Å²) in [6, 6.07) is 14.8. The van der Waals surface area contributed by atoms with Crippen molar-refractivity contribution in [2.75, 3.05) is 18.6 Å². The van der Waals surface area contributed by atoms with E-state index in [0.29, 0.717) is 17.7 Å². The van der Waals surface area contributed by atoms with Crippen LogP contribution in [0.2, 0.25) is 0 Å². The maximum absolute atomic E-state index is 12.6. The molecule has 1 aliphatic heterocycles. The van der Waals surface area contributed by atoms with Gasteiger partial charge in [-0.2, -0.15) is 0 Å². The van der Waals surface area contributed by atoms with Gasteiger partial charge in [-0.3, -0.25) is 4.79 Å². The van der Waals surface area contributed by atoms with Crippen molar-refractivity contribution in [2.45, 2.75) is 12.5 Å². The Morgan fingerprint density at radius 3 is 2.50 bits per heavy atom. The molecule has 2 aromatic carbocycles. The number of sulfone groups is 1. The van der Waals surface area contributed by atoms with Crippen LogP contribution in [-0.2, 0) is 9.84 Å². The van der Waals surface area contributed by atoms with E-state index >= 15 is 0 Å². The molecular formula is C18H19NO4S. The van der Waals surface area contributed by atoms with Crippen LogP contribution in [0.15, 0.2) is 48.5 Å². The zero-order chi connectivity index (χ0) is 17.2. The van der Waals surface area contributed by atoms with Gasteiger partial charge in [0.05, 0.1) is 24.2 Å². The van der Waals surface area contributed by atoms with Crippen molar-refractivity contribution < 1.29 is 17.9 Å². The molecule has 1 atom stereocenters. The van der Waals surface area contributed by atoms with Gasteiger partial charge in [-0.1, -0.05) is 36.4 Å². The quantitative estimate of drug-likeness (QED) is 0.923. The average Bonchev–Trinajstić information content (AvgIpc) is 2.93. The molecule has 1 fully saturated rings. The van der Waals surface area contributed by atoms with Crippen LogP contribution in [0.3, 0.4) is 0 Å². The van der Waals surface area contributed by atoms with Crippen LogP contribution >= 0.6 is 0 Å². The topological polar surface area (TPSA) is 72.5 Å². The zero-order valence-corrected chi connectivity index (χ0v) is 14.2. The van der Waals surface area contributed by atoms with Crippen molar-refractivity contribution in [1.82, 2.24) is 5.32 Å². The molecule has 1 heterocycles. The summed E-state index contributed by atoms with van der Waals surface area (Å²) in [6.45, 7) is 0. The summed E-state index contributed by atoms with van der Waals surface area (Å²) < 4.78 is 28.4. The van der Waals surface area contributed by atoms with Gasteiger partial charge in [-0.15, -0.1) is 0 Å². The Kier molecular flexibility index (Phi) is 4.57. The van der Waals surface area contributed by atoms with E-state index in [1.54, 1.807) is 12.1 Å². The minimum atomic E-state index is -3.04. The third kappa shape index (κ3) is 3.59. The summed E-state index contributed by atoms with van der Waals surface area (Å²) in [5, 5.41) is 2.81. The molecule has 0 aliphatic carbocycles. The molecule has 0 saturated carbocycles. The summed E-state index contributed by atoms with van der Waals surface area (Å²) in [4.78, 5) is 12.6. The molecule has 1 amide bonds. The zero-order valence-electron chi connectivity index (χ0n) is 13.4. The molecule has 0 radical (unpaired) electrons. The van der Waals surface area contributed by atoms with E-state index in [1.807, 2.05) is 36.4 Å². The van der Waals surface area contributed by atoms with Crippen molar-refractivity contribution >= 4 is 15.7 Å². The number of methoxy groups -OCH3 is 1. The lowest BCUT2D eigenvalue weighted by atomic mass is 10.0.